The summed E-state index contributed by atoms with van der Waals surface area (Å²) in [5, 5.41) is 30.2. The summed E-state index contributed by atoms with van der Waals surface area (Å²) in [6, 6.07) is 14.0. The van der Waals surface area contributed by atoms with E-state index in [-0.39, 0.29) is 17.0 Å². The molecule has 2 bridgehead atoms. The molecule has 8 nitrogen and oxygen atoms in total. The lowest BCUT2D eigenvalue weighted by molar-refractivity contribution is -0.141. The molecule has 3 saturated carbocycles. The van der Waals surface area contributed by atoms with Gasteiger partial charge in [0, 0.05) is 30.0 Å². The van der Waals surface area contributed by atoms with Gasteiger partial charge in [0.2, 0.25) is 0 Å². The third kappa shape index (κ3) is 4.48. The number of nitrogens with zero attached hydrogens (tertiary/aromatic N) is 4. The Balaban J connectivity index is 1.42. The first-order valence-corrected chi connectivity index (χ1v) is 14.0. The normalized spacial score (nSPS) is 21.8. The number of aromatic nitrogens is 1. The first-order valence-electron chi connectivity index (χ1n) is 13.7. The number of rotatable bonds is 7. The Kier molecular flexibility index (Phi) is 6.29. The van der Waals surface area contributed by atoms with Crippen LogP contribution in [0.1, 0.15) is 68.3 Å². The number of anilines is 2. The fourth-order valence-corrected chi connectivity index (χ4v) is 6.28. The minimum absolute atomic E-state index is 0.0102. The monoisotopic (exact) mass is 552 g/mol. The maximum Gasteiger partial charge on any atom is 0.103 e. The summed E-state index contributed by atoms with van der Waals surface area (Å²) in [5.41, 5.74) is 13.1. The molecule has 1 atom stereocenters. The van der Waals surface area contributed by atoms with Crippen LogP contribution >= 0.6 is 11.6 Å². The smallest absolute Gasteiger partial charge is 0.103 e. The highest BCUT2D eigenvalue weighted by atomic mass is 35.5. The van der Waals surface area contributed by atoms with E-state index in [1.807, 2.05) is 37.3 Å². The molecule has 1 aromatic heterocycles. The third-order valence-electron chi connectivity index (χ3n) is 8.38. The first-order chi connectivity index (χ1) is 19.1. The number of nitrogens with one attached hydrogen (secondary N) is 4. The summed E-state index contributed by atoms with van der Waals surface area (Å²) in [7, 11) is 0. The van der Waals surface area contributed by atoms with Crippen molar-refractivity contribution >= 4 is 33.9 Å². The van der Waals surface area contributed by atoms with E-state index in [2.05, 4.69) is 70.7 Å². The Morgan fingerprint density at radius 1 is 1.18 bits per heavy atom. The highest BCUT2D eigenvalue weighted by Crippen LogP contribution is 2.60. The molecule has 0 saturated heterocycles. The van der Waals surface area contributed by atoms with E-state index in [0.29, 0.717) is 28.2 Å². The minimum Gasteiger partial charge on any atom is -0.383 e. The number of hydrazine groups is 2. The average Bonchev–Trinajstić information content (AvgIpc) is 3.33. The predicted octanol–water partition coefficient (Wildman–Crippen LogP) is 6.27. The number of fused-ring (bicyclic) bond motifs is 1. The summed E-state index contributed by atoms with van der Waals surface area (Å²) in [4.78, 5) is 4.51. The van der Waals surface area contributed by atoms with Crippen LogP contribution in [0, 0.1) is 40.9 Å². The van der Waals surface area contributed by atoms with E-state index < -0.39 is 0 Å². The quantitative estimate of drug-likeness (QED) is 0.271. The van der Waals surface area contributed by atoms with Crippen molar-refractivity contribution in [2.24, 2.45) is 11.3 Å². The average molecular weight is 553 g/mol. The Morgan fingerprint density at radius 2 is 1.93 bits per heavy atom. The van der Waals surface area contributed by atoms with Gasteiger partial charge in [0.25, 0.3) is 0 Å². The van der Waals surface area contributed by atoms with E-state index in [1.165, 1.54) is 19.3 Å². The molecule has 4 N–H and O–H groups in total. The molecule has 0 spiro atoms. The Bertz CT molecular complexity index is 1610. The Morgan fingerprint density at radius 3 is 2.58 bits per heavy atom. The molecule has 9 heteroatoms. The fourth-order valence-electron chi connectivity index (χ4n) is 6.01. The van der Waals surface area contributed by atoms with Crippen LogP contribution in [-0.4, -0.2) is 22.1 Å². The second-order valence-electron chi connectivity index (χ2n) is 12.5. The van der Waals surface area contributed by atoms with Crippen molar-refractivity contribution in [1.29, 1.82) is 10.5 Å². The van der Waals surface area contributed by atoms with E-state index in [9.17, 15) is 10.5 Å². The second-order valence-corrected chi connectivity index (χ2v) is 12.9. The van der Waals surface area contributed by atoms with Crippen LogP contribution in [0.2, 0.25) is 5.02 Å². The van der Waals surface area contributed by atoms with Crippen LogP contribution < -0.4 is 21.6 Å². The zero-order valence-corrected chi connectivity index (χ0v) is 23.9. The van der Waals surface area contributed by atoms with Crippen LogP contribution in [0.3, 0.4) is 0 Å². The van der Waals surface area contributed by atoms with Crippen LogP contribution in [-0.2, 0) is 0 Å². The number of hydrogen-bond acceptors (Lipinski definition) is 8. The van der Waals surface area contributed by atoms with Gasteiger partial charge in [-0.15, -0.1) is 5.53 Å². The molecule has 3 aromatic rings. The van der Waals surface area contributed by atoms with Gasteiger partial charge in [-0.3, -0.25) is 9.99 Å². The van der Waals surface area contributed by atoms with Crippen molar-refractivity contribution < 1.29 is 0 Å². The summed E-state index contributed by atoms with van der Waals surface area (Å²) < 4.78 is 0. The lowest BCUT2D eigenvalue weighted by Crippen LogP contribution is -2.69. The number of benzene rings is 2. The molecular formula is C31H33ClN8. The molecule has 3 fully saturated rings. The second kappa shape index (κ2) is 9.59. The van der Waals surface area contributed by atoms with Crippen LogP contribution in [0.5, 0.6) is 0 Å². The molecule has 2 heterocycles. The zero-order valence-electron chi connectivity index (χ0n) is 23.2. The van der Waals surface area contributed by atoms with Gasteiger partial charge in [-0.05, 0) is 66.8 Å². The maximum absolute atomic E-state index is 9.85. The molecule has 2 aromatic carbocycles. The largest absolute Gasteiger partial charge is 0.383 e. The Hall–Kier alpha value is -3.98. The van der Waals surface area contributed by atoms with Crippen molar-refractivity contribution in [3.8, 4) is 12.1 Å². The number of pyridine rings is 1. The zero-order chi connectivity index (χ0) is 28.2. The molecule has 40 heavy (non-hydrogen) atoms. The van der Waals surface area contributed by atoms with Gasteiger partial charge < -0.3 is 16.1 Å². The van der Waals surface area contributed by atoms with Gasteiger partial charge in [-0.25, -0.2) is 0 Å². The standard InChI is InChI=1S/C31H33ClN8/c1-18-20(13-33)6-5-7-23(18)29(26-16-40(39-38-26)31-10-19(11-31)12-31)37-22-8-24-27(36-17-30(2,3)4)21(14-34)15-35-28(24)25(32)9-22/h5-9,15-16,19,29,37-39H,10-12,17H2,1-4H3,(H,35,36)/t19?,29-,31?/m0/s1. The molecule has 0 amide bonds. The summed E-state index contributed by atoms with van der Waals surface area (Å²) in [6.07, 6.45) is 7.37. The molecule has 1 aliphatic heterocycles. The van der Waals surface area contributed by atoms with Crippen molar-refractivity contribution in [2.45, 2.75) is 58.5 Å². The van der Waals surface area contributed by atoms with Crippen LogP contribution in [0.15, 0.2) is 48.4 Å². The van der Waals surface area contributed by atoms with Crippen LogP contribution in [0.4, 0.5) is 11.4 Å². The van der Waals surface area contributed by atoms with E-state index in [0.717, 1.165) is 39.5 Å². The van der Waals surface area contributed by atoms with Gasteiger partial charge >= 0.3 is 0 Å². The number of nitriles is 2. The highest BCUT2D eigenvalue weighted by Gasteiger charge is 2.60. The van der Waals surface area contributed by atoms with Gasteiger partial charge in [0.1, 0.15) is 6.07 Å². The van der Waals surface area contributed by atoms with Gasteiger partial charge in [-0.2, -0.15) is 10.5 Å². The minimum atomic E-state index is -0.287. The van der Waals surface area contributed by atoms with E-state index in [1.54, 1.807) is 6.20 Å². The molecule has 7 rings (SSSR count). The van der Waals surface area contributed by atoms with E-state index in [4.69, 9.17) is 11.6 Å². The first kappa shape index (κ1) is 26.3. The number of hydrogen-bond donors (Lipinski definition) is 4. The SMILES string of the molecule is Cc1c(C#N)cccc1[C@H](Nc1cc(Cl)c2ncc(C#N)c(NCC(C)(C)C)c2c1)C1=CN(C23CC(C2)C3)NN1. The van der Waals surface area contributed by atoms with Gasteiger partial charge in [-0.1, -0.05) is 44.5 Å². The lowest BCUT2D eigenvalue weighted by atomic mass is 9.49. The van der Waals surface area contributed by atoms with Gasteiger partial charge in [0.05, 0.1) is 50.7 Å². The van der Waals surface area contributed by atoms with Gasteiger partial charge in [0.15, 0.2) is 0 Å². The summed E-state index contributed by atoms with van der Waals surface area (Å²) in [5.74, 6) is 0.857. The van der Waals surface area contributed by atoms with Crippen molar-refractivity contribution in [1.82, 2.24) is 21.0 Å². The Labute approximate surface area is 240 Å². The molecule has 3 aliphatic carbocycles. The maximum atomic E-state index is 9.85. The van der Waals surface area contributed by atoms with Crippen molar-refractivity contribution in [3.05, 3.63) is 75.7 Å². The van der Waals surface area contributed by atoms with E-state index >= 15 is 0 Å². The highest BCUT2D eigenvalue weighted by molar-refractivity contribution is 6.35. The topological polar surface area (TPSA) is 112 Å². The van der Waals surface area contributed by atoms with Crippen molar-refractivity contribution in [3.63, 3.8) is 0 Å². The molecule has 0 radical (unpaired) electrons. The van der Waals surface area contributed by atoms with Crippen molar-refractivity contribution in [2.75, 3.05) is 17.2 Å². The lowest BCUT2D eigenvalue weighted by Gasteiger charge is -2.64. The predicted molar refractivity (Wildman–Crippen MR) is 158 cm³/mol. The fraction of sp³-hybridized carbons (Fsp3) is 0.387. The third-order valence-corrected chi connectivity index (χ3v) is 8.66. The van der Waals surface area contributed by atoms with Crippen LogP contribution in [0.25, 0.3) is 10.9 Å². The molecular weight excluding hydrogens is 520 g/mol. The molecule has 4 aliphatic rings. The summed E-state index contributed by atoms with van der Waals surface area (Å²) in [6.45, 7) is 9.09. The molecule has 204 valence electrons. The summed E-state index contributed by atoms with van der Waals surface area (Å²) >= 11 is 6.80. The number of halogens is 1. The molecule has 0 unspecified atom stereocenters.